The van der Waals surface area contributed by atoms with Crippen LogP contribution in [0, 0.1) is 3.57 Å². The molecule has 0 aromatic heterocycles. The molecule has 0 bridgehead atoms. The van der Waals surface area contributed by atoms with Gasteiger partial charge < -0.3 is 10.1 Å². The highest BCUT2D eigenvalue weighted by molar-refractivity contribution is 14.1. The van der Waals surface area contributed by atoms with Crippen molar-refractivity contribution in [3.05, 3.63) is 51.6 Å². The highest BCUT2D eigenvalue weighted by atomic mass is 127. The Balaban J connectivity index is 1.74. The van der Waals surface area contributed by atoms with Gasteiger partial charge in [0.2, 0.25) is 10.0 Å². The third kappa shape index (κ3) is 4.89. The third-order valence-electron chi connectivity index (χ3n) is 4.96. The van der Waals surface area contributed by atoms with E-state index in [1.165, 1.54) is 0 Å². The molecule has 0 saturated carbocycles. The summed E-state index contributed by atoms with van der Waals surface area (Å²) in [5.41, 5.74) is 1.04. The molecule has 1 saturated heterocycles. The van der Waals surface area contributed by atoms with E-state index in [9.17, 15) is 13.2 Å². The molecule has 1 fully saturated rings. The SMILES string of the molecule is COc1ccc(C(=O)Nc2ccc(S(=O)(=O)N3CCSC(C)C3C)cc2)cc1I. The summed E-state index contributed by atoms with van der Waals surface area (Å²) in [7, 11) is -1.98. The van der Waals surface area contributed by atoms with E-state index in [1.54, 1.807) is 65.6 Å². The Hall–Kier alpha value is -1.30. The molecule has 0 radical (unpaired) electrons. The number of nitrogens with zero attached hydrogens (tertiary/aromatic N) is 1. The molecule has 0 spiro atoms. The maximum Gasteiger partial charge on any atom is 0.255 e. The standard InChI is InChI=1S/C20H23IN2O4S2/c1-13-14(2)28-11-10-23(13)29(25,26)17-7-5-16(6-8-17)22-20(24)15-4-9-19(27-3)18(21)12-15/h4-9,12-14H,10-11H2,1-3H3,(H,22,24). The highest BCUT2D eigenvalue weighted by Crippen LogP contribution is 2.30. The number of nitrogens with one attached hydrogen (secondary N) is 1. The second kappa shape index (κ2) is 9.23. The lowest BCUT2D eigenvalue weighted by Gasteiger charge is -2.36. The van der Waals surface area contributed by atoms with Crippen molar-refractivity contribution >= 4 is 56.0 Å². The Bertz CT molecular complexity index is 996. The highest BCUT2D eigenvalue weighted by Gasteiger charge is 2.34. The van der Waals surface area contributed by atoms with Crippen molar-refractivity contribution in [2.24, 2.45) is 0 Å². The lowest BCUT2D eigenvalue weighted by Crippen LogP contribution is -2.47. The van der Waals surface area contributed by atoms with Crippen LogP contribution in [0.3, 0.4) is 0 Å². The molecule has 2 aromatic rings. The minimum Gasteiger partial charge on any atom is -0.496 e. The van der Waals surface area contributed by atoms with Crippen molar-refractivity contribution in [3.63, 3.8) is 0 Å². The second-order valence-electron chi connectivity index (χ2n) is 6.76. The number of ether oxygens (including phenoxy) is 1. The van der Waals surface area contributed by atoms with E-state index in [1.807, 2.05) is 6.92 Å². The third-order valence-corrected chi connectivity index (χ3v) is 9.14. The van der Waals surface area contributed by atoms with Gasteiger partial charge in [0.15, 0.2) is 0 Å². The fourth-order valence-electron chi connectivity index (χ4n) is 3.10. The fourth-order valence-corrected chi connectivity index (χ4v) is 6.83. The first kappa shape index (κ1) is 22.4. The first-order chi connectivity index (χ1) is 13.7. The van der Waals surface area contributed by atoms with Crippen LogP contribution in [0.5, 0.6) is 5.75 Å². The molecule has 3 rings (SSSR count). The molecule has 2 aromatic carbocycles. The van der Waals surface area contributed by atoms with Gasteiger partial charge in [-0.25, -0.2) is 8.42 Å². The average Bonchev–Trinajstić information content (AvgIpc) is 2.70. The Morgan fingerprint density at radius 3 is 2.52 bits per heavy atom. The number of sulfonamides is 1. The van der Waals surface area contributed by atoms with Gasteiger partial charge >= 0.3 is 0 Å². The van der Waals surface area contributed by atoms with Crippen LogP contribution in [0.15, 0.2) is 47.4 Å². The fraction of sp³-hybridized carbons (Fsp3) is 0.350. The lowest BCUT2D eigenvalue weighted by molar-refractivity contribution is 0.102. The van der Waals surface area contributed by atoms with Gasteiger partial charge in [0, 0.05) is 34.8 Å². The number of amides is 1. The van der Waals surface area contributed by atoms with Crippen molar-refractivity contribution in [3.8, 4) is 5.75 Å². The summed E-state index contributed by atoms with van der Waals surface area (Å²) in [6, 6.07) is 11.4. The summed E-state index contributed by atoms with van der Waals surface area (Å²) in [6.07, 6.45) is 0. The monoisotopic (exact) mass is 546 g/mol. The number of hydrogen-bond donors (Lipinski definition) is 1. The molecule has 1 N–H and O–H groups in total. The van der Waals surface area contributed by atoms with Crippen LogP contribution in [0.25, 0.3) is 0 Å². The maximum atomic E-state index is 13.0. The zero-order valence-corrected chi connectivity index (χ0v) is 20.2. The van der Waals surface area contributed by atoms with Gasteiger partial charge in [-0.2, -0.15) is 16.1 Å². The molecule has 1 aliphatic heterocycles. The predicted molar refractivity (Wildman–Crippen MR) is 125 cm³/mol. The summed E-state index contributed by atoms with van der Waals surface area (Å²) in [5, 5.41) is 3.06. The van der Waals surface area contributed by atoms with Crippen LogP contribution in [0.4, 0.5) is 5.69 Å². The summed E-state index contributed by atoms with van der Waals surface area (Å²) >= 11 is 3.90. The quantitative estimate of drug-likeness (QED) is 0.573. The summed E-state index contributed by atoms with van der Waals surface area (Å²) in [5.74, 6) is 1.23. The number of methoxy groups -OCH3 is 1. The van der Waals surface area contributed by atoms with Crippen LogP contribution in [-0.4, -0.2) is 49.3 Å². The Morgan fingerprint density at radius 1 is 1.21 bits per heavy atom. The van der Waals surface area contributed by atoms with Gasteiger partial charge in [-0.05, 0) is 72.0 Å². The van der Waals surface area contributed by atoms with Crippen LogP contribution >= 0.6 is 34.4 Å². The van der Waals surface area contributed by atoms with Crippen LogP contribution in [-0.2, 0) is 10.0 Å². The van der Waals surface area contributed by atoms with Crippen molar-refractivity contribution < 1.29 is 17.9 Å². The molecule has 0 aliphatic carbocycles. The van der Waals surface area contributed by atoms with Gasteiger partial charge in [0.1, 0.15) is 5.75 Å². The lowest BCUT2D eigenvalue weighted by atomic mass is 10.2. The van der Waals surface area contributed by atoms with Gasteiger partial charge in [-0.3, -0.25) is 4.79 Å². The number of carbonyl (C=O) groups excluding carboxylic acids is 1. The zero-order chi connectivity index (χ0) is 21.2. The zero-order valence-electron chi connectivity index (χ0n) is 16.4. The number of halogens is 1. The van der Waals surface area contributed by atoms with Crippen molar-refractivity contribution in [2.75, 3.05) is 24.7 Å². The van der Waals surface area contributed by atoms with Crippen LogP contribution in [0.2, 0.25) is 0 Å². The molecular weight excluding hydrogens is 523 g/mol. The number of benzene rings is 2. The molecule has 156 valence electrons. The molecule has 6 nitrogen and oxygen atoms in total. The average molecular weight is 546 g/mol. The summed E-state index contributed by atoms with van der Waals surface area (Å²) in [6.45, 7) is 4.50. The van der Waals surface area contributed by atoms with Gasteiger partial charge in [0.05, 0.1) is 15.6 Å². The van der Waals surface area contributed by atoms with Gasteiger partial charge in [0.25, 0.3) is 5.91 Å². The number of carbonyl (C=O) groups is 1. The molecular formula is C20H23IN2O4S2. The van der Waals surface area contributed by atoms with E-state index in [0.29, 0.717) is 23.5 Å². The summed E-state index contributed by atoms with van der Waals surface area (Å²) in [4.78, 5) is 12.7. The van der Waals surface area contributed by atoms with Crippen LogP contribution in [0.1, 0.15) is 24.2 Å². The number of hydrogen-bond acceptors (Lipinski definition) is 5. The molecule has 2 atom stereocenters. The van der Waals surface area contributed by atoms with E-state index < -0.39 is 10.0 Å². The van der Waals surface area contributed by atoms with Crippen LogP contribution < -0.4 is 10.1 Å². The normalized spacial score (nSPS) is 20.3. The first-order valence-corrected chi connectivity index (χ1v) is 12.7. The van der Waals surface area contributed by atoms with Crippen molar-refractivity contribution in [2.45, 2.75) is 30.0 Å². The molecule has 1 aliphatic rings. The molecule has 9 heteroatoms. The smallest absolute Gasteiger partial charge is 0.255 e. The van der Waals surface area contributed by atoms with Crippen molar-refractivity contribution in [1.82, 2.24) is 4.31 Å². The predicted octanol–water partition coefficient (Wildman–Crippen LogP) is 4.07. The second-order valence-corrected chi connectivity index (χ2v) is 11.3. The van der Waals surface area contributed by atoms with E-state index in [-0.39, 0.29) is 22.1 Å². The first-order valence-electron chi connectivity index (χ1n) is 9.12. The molecule has 1 amide bonds. The van der Waals surface area contributed by atoms with E-state index >= 15 is 0 Å². The topological polar surface area (TPSA) is 75.7 Å². The molecule has 2 unspecified atom stereocenters. The Morgan fingerprint density at radius 2 is 1.90 bits per heavy atom. The molecule has 1 heterocycles. The molecule has 29 heavy (non-hydrogen) atoms. The maximum absolute atomic E-state index is 13.0. The number of rotatable bonds is 5. The minimum absolute atomic E-state index is 0.0596. The van der Waals surface area contributed by atoms with E-state index in [2.05, 4.69) is 34.8 Å². The summed E-state index contributed by atoms with van der Waals surface area (Å²) < 4.78 is 33.6. The van der Waals surface area contributed by atoms with E-state index in [0.717, 1.165) is 9.32 Å². The van der Waals surface area contributed by atoms with E-state index in [4.69, 9.17) is 4.74 Å². The van der Waals surface area contributed by atoms with Crippen molar-refractivity contribution in [1.29, 1.82) is 0 Å². The Kier molecular flexibility index (Phi) is 7.13. The number of thioether (sulfide) groups is 1. The minimum atomic E-state index is -3.56. The number of anilines is 1. The van der Waals surface area contributed by atoms with Gasteiger partial charge in [-0.15, -0.1) is 0 Å². The largest absolute Gasteiger partial charge is 0.496 e. The Labute approximate surface area is 189 Å². The van der Waals surface area contributed by atoms with Gasteiger partial charge in [-0.1, -0.05) is 6.92 Å².